The van der Waals surface area contributed by atoms with Crippen molar-refractivity contribution in [1.82, 2.24) is 0 Å². The summed E-state index contributed by atoms with van der Waals surface area (Å²) in [5, 5.41) is 108. The van der Waals surface area contributed by atoms with Gasteiger partial charge in [0, 0.05) is 0 Å². The normalized spacial score (nSPS) is 1.63. The van der Waals surface area contributed by atoms with Crippen LogP contribution >= 0.6 is 0 Å². The van der Waals surface area contributed by atoms with E-state index in [1.165, 1.54) is 0 Å². The van der Waals surface area contributed by atoms with Gasteiger partial charge in [0.1, 0.15) is 0 Å². The molecule has 0 heterocycles. The molecular weight excluding hydrogens is 731 g/mol. The second-order valence-electron chi connectivity index (χ2n) is 1.73. The van der Waals surface area contributed by atoms with Crippen molar-refractivity contribution in [3.05, 3.63) is 0 Å². The molecule has 0 bridgehead atoms. The Bertz CT molecular complexity index is 141. The van der Waals surface area contributed by atoms with Crippen LogP contribution in [0.15, 0.2) is 0 Å². The van der Waals surface area contributed by atoms with Gasteiger partial charge in [-0.3, -0.25) is 0 Å². The summed E-state index contributed by atoms with van der Waals surface area (Å²) in [5.41, 5.74) is 0. The van der Waals surface area contributed by atoms with Crippen molar-refractivity contribution in [2.24, 2.45) is 0 Å². The Morgan fingerprint density at radius 2 is 0.0602 bits per heavy atom. The standard InChI is InChI=1S/5BH3O3.63Li.63H/c5*2-1(3)4;;;;;;;;;;;;;;;;;;;;;;;;;;;;;;;;;;;;;;;;;;;;;;;;;;;;;;;;;;;;;;;;;;;;;;;;;;;;;;;;;;;;;;;;;;;;;;;;;;;;;;;;;;;;;;;;;;;;;;;;;;;;;;/h5*2-4H;;;;;;;;;;;;;;;;;;;;;;;;;;;;;;;;;;;;;;;;;;;;;;;;;;;;;;;;;;;;;;;;;;;;;;;;;;;;;;;;;;;;;;;;;;;;;;;;;;;;;;;;;;;;;;;;;;;;;;;;;;;;;;. The average Bonchev–Trinajstić information content (AvgIpc) is 1.94. The van der Waals surface area contributed by atoms with E-state index in [4.69, 9.17) is 75.4 Å². The molecule has 83 heavy (non-hydrogen) atoms. The molecule has 0 radical (unpaired) electrons. The summed E-state index contributed by atoms with van der Waals surface area (Å²) in [7, 11) is -10.8. The van der Waals surface area contributed by atoms with Gasteiger partial charge in [-0.05, 0) is 0 Å². The van der Waals surface area contributed by atoms with Gasteiger partial charge in [-0.1, -0.05) is 0 Å². The molecular formula is H78B5Li63O15. The van der Waals surface area contributed by atoms with Crippen LogP contribution in [0.5, 0.6) is 0 Å². The van der Waals surface area contributed by atoms with E-state index in [1.807, 2.05) is 0 Å². The summed E-state index contributed by atoms with van der Waals surface area (Å²) < 4.78 is 0. The van der Waals surface area contributed by atoms with E-state index in [0.29, 0.717) is 0 Å². The van der Waals surface area contributed by atoms with Crippen LogP contribution in [0.25, 0.3) is 0 Å². The van der Waals surface area contributed by atoms with E-state index in [-0.39, 0.29) is 1190 Å². The zero-order chi connectivity index (χ0) is 17.9. The fourth-order valence-electron chi connectivity index (χ4n) is 0. The van der Waals surface area contributed by atoms with Gasteiger partial charge in [0.2, 0.25) is 0 Å². The second-order valence-corrected chi connectivity index (χ2v) is 1.73. The number of rotatable bonds is 0. The summed E-state index contributed by atoms with van der Waals surface area (Å²) in [6, 6.07) is 0. The van der Waals surface area contributed by atoms with Crippen LogP contribution in [0.3, 0.4) is 0 Å². The summed E-state index contributed by atoms with van der Waals surface area (Å²) in [4.78, 5) is 0. The SMILES string of the molecule is OB(O)O.OB(O)O.OB(O)O.OB(O)O.OB(O)O.[LiH].[LiH].[LiH].[LiH].[LiH].[LiH].[LiH].[LiH].[LiH].[LiH].[LiH].[LiH].[LiH].[LiH].[LiH].[LiH].[LiH].[LiH].[LiH].[LiH].[LiH].[LiH].[LiH].[LiH].[LiH].[LiH].[LiH].[LiH].[LiH].[LiH].[LiH].[LiH].[LiH].[LiH].[LiH].[LiH].[LiH].[LiH].[LiH].[LiH].[LiH].[LiH].[LiH].[LiH].[LiH].[LiH].[LiH].[LiH].[LiH].[LiH].[LiH].[LiH].[LiH].[LiH].[LiH].[LiH].[LiH].[LiH].[LiH].[LiH].[LiH].[LiH].[LiH]. The molecule has 0 spiro atoms. The third-order valence-electron chi connectivity index (χ3n) is 0. The minimum atomic E-state index is -2.17. The molecule has 0 saturated carbocycles. The van der Waals surface area contributed by atoms with Crippen molar-refractivity contribution in [2.75, 3.05) is 0 Å². The molecule has 0 fully saturated rings. The zero-order valence-corrected chi connectivity index (χ0v) is 9.59. The van der Waals surface area contributed by atoms with E-state index < -0.39 is 36.6 Å². The third-order valence-corrected chi connectivity index (χ3v) is 0. The molecule has 246 valence electrons. The third kappa shape index (κ3) is 1180. The maximum atomic E-state index is 7.17. The second kappa shape index (κ2) is 610. The van der Waals surface area contributed by atoms with Gasteiger partial charge in [-0.25, -0.2) is 0 Å². The Hall–Kier alpha value is 37.4. The van der Waals surface area contributed by atoms with E-state index in [9.17, 15) is 0 Å². The van der Waals surface area contributed by atoms with Crippen LogP contribution in [0, 0.1) is 0 Å². The fourth-order valence-corrected chi connectivity index (χ4v) is 0. The van der Waals surface area contributed by atoms with Gasteiger partial charge in [0.25, 0.3) is 0 Å². The molecule has 0 unspecified atom stereocenters. The van der Waals surface area contributed by atoms with Crippen LogP contribution < -0.4 is 0 Å². The van der Waals surface area contributed by atoms with Crippen molar-refractivity contribution < 1.29 is 75.4 Å². The van der Waals surface area contributed by atoms with Gasteiger partial charge >= 0.3 is 1220 Å². The van der Waals surface area contributed by atoms with Crippen LogP contribution in [-0.2, 0) is 0 Å². The molecule has 0 aromatic heterocycles. The van der Waals surface area contributed by atoms with Gasteiger partial charge in [0.15, 0.2) is 0 Å². The predicted molar refractivity (Wildman–Crippen MR) is 512 cm³/mol. The first-order chi connectivity index (χ1) is 8.66. The molecule has 0 atom stereocenters. The maximum absolute atomic E-state index is 7.17. The molecule has 15 nitrogen and oxygen atoms in total. The van der Waals surface area contributed by atoms with Gasteiger partial charge in [-0.15, -0.1) is 0 Å². The molecule has 15 N–H and O–H groups in total. The summed E-state index contributed by atoms with van der Waals surface area (Å²) in [6.45, 7) is 0. The van der Waals surface area contributed by atoms with Crippen LogP contribution in [0.1, 0.15) is 0 Å². The van der Waals surface area contributed by atoms with Gasteiger partial charge in [0.05, 0.1) is 0 Å². The van der Waals surface area contributed by atoms with E-state index in [1.54, 1.807) is 0 Å². The molecule has 0 aromatic carbocycles. The van der Waals surface area contributed by atoms with Crippen molar-refractivity contribution in [3.63, 3.8) is 0 Å². The van der Waals surface area contributed by atoms with E-state index >= 15 is 0 Å². The Balaban J connectivity index is -0.000000000432. The molecule has 0 saturated heterocycles. The minimum absolute atomic E-state index is 0. The first kappa shape index (κ1) is 625. The van der Waals surface area contributed by atoms with Gasteiger partial charge in [-0.2, -0.15) is 0 Å². The van der Waals surface area contributed by atoms with E-state index in [2.05, 4.69) is 0 Å². The fraction of sp³-hybridized carbons (Fsp3) is 0. The Kier molecular flexibility index (Phi) is 4600. The van der Waals surface area contributed by atoms with Crippen LogP contribution in [0.4, 0.5) is 0 Å². The Morgan fingerprint density at radius 3 is 0.0602 bits per heavy atom. The molecule has 0 aliphatic carbocycles. The molecule has 0 aliphatic heterocycles. The average molecular weight is 810 g/mol. The summed E-state index contributed by atoms with van der Waals surface area (Å²) >= 11 is 0. The Labute approximate surface area is 1270 Å². The Morgan fingerprint density at radius 1 is 0.0602 bits per heavy atom. The van der Waals surface area contributed by atoms with Crippen LogP contribution in [-0.4, -0.2) is 1300 Å². The van der Waals surface area contributed by atoms with Gasteiger partial charge < -0.3 is 75.4 Å². The van der Waals surface area contributed by atoms with Crippen molar-refractivity contribution in [3.8, 4) is 0 Å². The molecule has 0 aromatic rings. The molecule has 0 rings (SSSR count). The molecule has 0 aliphatic rings. The van der Waals surface area contributed by atoms with Crippen molar-refractivity contribution in [1.29, 1.82) is 0 Å². The molecule has 0 amide bonds. The summed E-state index contributed by atoms with van der Waals surface area (Å²) in [5.74, 6) is 0. The first-order valence-corrected chi connectivity index (χ1v) is 3.87. The van der Waals surface area contributed by atoms with Crippen LogP contribution in [0.2, 0.25) is 0 Å². The first-order valence-electron chi connectivity index (χ1n) is 3.87. The number of hydrogen-bond acceptors (Lipinski definition) is 15. The van der Waals surface area contributed by atoms with Crippen molar-refractivity contribution in [2.45, 2.75) is 0 Å². The monoisotopic (exact) mass is 816 g/mol. The topological polar surface area (TPSA) is 303 Å². The summed E-state index contributed by atoms with van der Waals surface area (Å²) in [6.07, 6.45) is 0. The quantitative estimate of drug-likeness (QED) is 0.101. The number of hydrogen-bond donors (Lipinski definition) is 15. The zero-order valence-electron chi connectivity index (χ0n) is 9.59. The molecule has 83 heteroatoms. The van der Waals surface area contributed by atoms with Crippen molar-refractivity contribution >= 4 is 1220 Å². The predicted octanol–water partition coefficient (Wildman–Crippen LogP) is -51.1. The van der Waals surface area contributed by atoms with E-state index in [0.717, 1.165) is 0 Å².